The molecular formula is C31H32N2O7. The van der Waals surface area contributed by atoms with Gasteiger partial charge in [-0.2, -0.15) is 0 Å². The van der Waals surface area contributed by atoms with E-state index in [1.54, 1.807) is 12.1 Å². The van der Waals surface area contributed by atoms with Crippen LogP contribution in [0.5, 0.6) is 0 Å². The Hall–Kier alpha value is -4.66. The average molecular weight is 545 g/mol. The molecule has 0 spiro atoms. The molecule has 9 nitrogen and oxygen atoms in total. The van der Waals surface area contributed by atoms with E-state index < -0.39 is 41.8 Å². The van der Waals surface area contributed by atoms with E-state index in [1.807, 2.05) is 69.3 Å². The molecule has 1 aliphatic rings. The third-order valence-electron chi connectivity index (χ3n) is 6.92. The highest BCUT2D eigenvalue weighted by atomic mass is 16.5. The molecule has 0 bridgehead atoms. The van der Waals surface area contributed by atoms with E-state index in [4.69, 9.17) is 4.74 Å². The van der Waals surface area contributed by atoms with Crippen LogP contribution in [0.15, 0.2) is 66.7 Å². The van der Waals surface area contributed by atoms with Crippen LogP contribution in [-0.4, -0.2) is 46.8 Å². The quantitative estimate of drug-likeness (QED) is 0.306. The second-order valence-corrected chi connectivity index (χ2v) is 10.7. The van der Waals surface area contributed by atoms with E-state index in [-0.39, 0.29) is 24.6 Å². The molecule has 3 aromatic carbocycles. The molecule has 0 unspecified atom stereocenters. The maximum Gasteiger partial charge on any atom is 0.407 e. The van der Waals surface area contributed by atoms with Crippen molar-refractivity contribution in [3.8, 4) is 11.1 Å². The summed E-state index contributed by atoms with van der Waals surface area (Å²) >= 11 is 0. The van der Waals surface area contributed by atoms with Crippen molar-refractivity contribution in [2.75, 3.05) is 6.61 Å². The first kappa shape index (κ1) is 28.4. The highest BCUT2D eigenvalue weighted by Gasteiger charge is 2.31. The van der Waals surface area contributed by atoms with Crippen LogP contribution in [0.1, 0.15) is 65.7 Å². The number of aliphatic carboxylic acids is 1. The van der Waals surface area contributed by atoms with Gasteiger partial charge in [0.15, 0.2) is 0 Å². The third kappa shape index (κ3) is 6.14. The Morgan fingerprint density at radius 3 is 2.02 bits per heavy atom. The Balaban J connectivity index is 1.44. The minimum absolute atomic E-state index is 0.0121. The first-order valence-corrected chi connectivity index (χ1v) is 12.9. The van der Waals surface area contributed by atoms with Gasteiger partial charge in [-0.1, -0.05) is 81.4 Å². The van der Waals surface area contributed by atoms with Gasteiger partial charge in [-0.05, 0) is 44.9 Å². The van der Waals surface area contributed by atoms with Gasteiger partial charge in [-0.3, -0.25) is 9.59 Å². The van der Waals surface area contributed by atoms with Crippen LogP contribution in [0.3, 0.4) is 0 Å². The molecule has 0 saturated carbocycles. The molecule has 4 N–H and O–H groups in total. The fourth-order valence-electron chi connectivity index (χ4n) is 5.28. The number of fused-ring (bicyclic) bond motifs is 3. The number of alkyl carbamates (subject to hydrolysis) is 1. The van der Waals surface area contributed by atoms with Gasteiger partial charge >= 0.3 is 18.0 Å². The molecule has 40 heavy (non-hydrogen) atoms. The number of rotatable bonds is 9. The number of carbonyl (C=O) groups is 4. The SMILES string of the molecule is CC(C)(C)c1c(CNC(=O)[C@H](CC(=O)O)NC(=O)OCC2c3ccccc3-c3ccccc32)cccc1C(=O)O. The van der Waals surface area contributed by atoms with Crippen molar-refractivity contribution in [1.29, 1.82) is 0 Å². The normalized spacial score (nSPS) is 13.1. The summed E-state index contributed by atoms with van der Waals surface area (Å²) in [6, 6.07) is 19.1. The van der Waals surface area contributed by atoms with E-state index >= 15 is 0 Å². The second-order valence-electron chi connectivity index (χ2n) is 10.7. The van der Waals surface area contributed by atoms with Gasteiger partial charge in [0.25, 0.3) is 0 Å². The monoisotopic (exact) mass is 544 g/mol. The van der Waals surface area contributed by atoms with E-state index in [0.717, 1.165) is 22.3 Å². The van der Waals surface area contributed by atoms with Crippen molar-refractivity contribution in [2.45, 2.75) is 51.1 Å². The van der Waals surface area contributed by atoms with Crippen molar-refractivity contribution in [1.82, 2.24) is 10.6 Å². The largest absolute Gasteiger partial charge is 0.481 e. The molecule has 1 aliphatic carbocycles. The number of ether oxygens (including phenoxy) is 1. The lowest BCUT2D eigenvalue weighted by atomic mass is 9.80. The van der Waals surface area contributed by atoms with E-state index in [1.165, 1.54) is 6.07 Å². The van der Waals surface area contributed by atoms with Gasteiger partial charge in [0.05, 0.1) is 12.0 Å². The fraction of sp³-hybridized carbons (Fsp3) is 0.290. The zero-order valence-electron chi connectivity index (χ0n) is 22.6. The van der Waals surface area contributed by atoms with Crippen LogP contribution >= 0.6 is 0 Å². The summed E-state index contributed by atoms with van der Waals surface area (Å²) in [7, 11) is 0. The van der Waals surface area contributed by atoms with Crippen molar-refractivity contribution >= 4 is 23.9 Å². The lowest BCUT2D eigenvalue weighted by molar-refractivity contribution is -0.139. The van der Waals surface area contributed by atoms with Crippen molar-refractivity contribution in [2.24, 2.45) is 0 Å². The van der Waals surface area contributed by atoms with Crippen LogP contribution in [0, 0.1) is 0 Å². The van der Waals surface area contributed by atoms with Gasteiger partial charge in [-0.25, -0.2) is 9.59 Å². The Labute approximate surface area is 232 Å². The van der Waals surface area contributed by atoms with Crippen LogP contribution in [0.2, 0.25) is 0 Å². The summed E-state index contributed by atoms with van der Waals surface area (Å²) in [5.74, 6) is -3.28. The van der Waals surface area contributed by atoms with E-state index in [9.17, 15) is 29.4 Å². The van der Waals surface area contributed by atoms with Crippen LogP contribution in [0.25, 0.3) is 11.1 Å². The second kappa shape index (κ2) is 11.6. The summed E-state index contributed by atoms with van der Waals surface area (Å²) in [5.41, 5.74) is 4.91. The van der Waals surface area contributed by atoms with Gasteiger partial charge in [0, 0.05) is 12.5 Å². The predicted octanol–water partition coefficient (Wildman–Crippen LogP) is 4.68. The molecule has 0 fully saturated rings. The lowest BCUT2D eigenvalue weighted by Gasteiger charge is -2.26. The molecule has 0 saturated heterocycles. The highest BCUT2D eigenvalue weighted by molar-refractivity contribution is 5.91. The summed E-state index contributed by atoms with van der Waals surface area (Å²) in [6.45, 7) is 5.57. The van der Waals surface area contributed by atoms with Crippen molar-refractivity contribution in [3.63, 3.8) is 0 Å². The number of carboxylic acids is 2. The number of aromatic carboxylic acids is 1. The van der Waals surface area contributed by atoms with Gasteiger partial charge in [0.2, 0.25) is 5.91 Å². The van der Waals surface area contributed by atoms with Crippen molar-refractivity contribution in [3.05, 3.63) is 94.5 Å². The van der Waals surface area contributed by atoms with E-state index in [0.29, 0.717) is 11.1 Å². The standard InChI is InChI=1S/C31H32N2O7/c1-31(2,3)27-18(9-8-14-23(27)29(37)38)16-32-28(36)25(15-26(34)35)33-30(39)40-17-24-21-12-6-4-10-19(21)20-11-5-7-13-22(20)24/h4-14,24-25H,15-17H2,1-3H3,(H,32,36)(H,33,39)(H,34,35)(H,37,38)/t25-/m0/s1. The highest BCUT2D eigenvalue weighted by Crippen LogP contribution is 2.44. The lowest BCUT2D eigenvalue weighted by Crippen LogP contribution is -2.48. The number of nitrogens with one attached hydrogen (secondary N) is 2. The number of carbonyl (C=O) groups excluding carboxylic acids is 2. The molecule has 4 rings (SSSR count). The topological polar surface area (TPSA) is 142 Å². The van der Waals surface area contributed by atoms with Crippen LogP contribution < -0.4 is 10.6 Å². The average Bonchev–Trinajstić information content (AvgIpc) is 3.22. The molecule has 0 heterocycles. The Morgan fingerprint density at radius 1 is 0.875 bits per heavy atom. The molecule has 3 aromatic rings. The smallest absolute Gasteiger partial charge is 0.407 e. The minimum atomic E-state index is -1.39. The van der Waals surface area contributed by atoms with Gasteiger partial charge in [0.1, 0.15) is 12.6 Å². The number of hydrogen-bond donors (Lipinski definition) is 4. The zero-order chi connectivity index (χ0) is 29.0. The fourth-order valence-corrected chi connectivity index (χ4v) is 5.28. The maximum absolute atomic E-state index is 13.0. The van der Waals surface area contributed by atoms with Gasteiger partial charge < -0.3 is 25.6 Å². The molecule has 0 aliphatic heterocycles. The molecule has 0 aromatic heterocycles. The number of amides is 2. The van der Waals surface area contributed by atoms with Crippen LogP contribution in [0.4, 0.5) is 4.79 Å². The minimum Gasteiger partial charge on any atom is -0.481 e. The van der Waals surface area contributed by atoms with Crippen molar-refractivity contribution < 1.29 is 34.1 Å². The number of benzene rings is 3. The summed E-state index contributed by atoms with van der Waals surface area (Å²) in [5, 5.41) is 24.0. The Morgan fingerprint density at radius 2 is 1.48 bits per heavy atom. The molecular weight excluding hydrogens is 512 g/mol. The maximum atomic E-state index is 13.0. The Kier molecular flexibility index (Phi) is 8.23. The zero-order valence-corrected chi connectivity index (χ0v) is 22.6. The molecule has 2 amide bonds. The number of carboxylic acid groups (broad SMARTS) is 2. The Bertz CT molecular complexity index is 1410. The van der Waals surface area contributed by atoms with Gasteiger partial charge in [-0.15, -0.1) is 0 Å². The number of hydrogen-bond acceptors (Lipinski definition) is 5. The first-order chi connectivity index (χ1) is 19.0. The summed E-state index contributed by atoms with van der Waals surface area (Å²) in [6.07, 6.45) is -1.57. The molecule has 1 atom stereocenters. The molecule has 208 valence electrons. The summed E-state index contributed by atoms with van der Waals surface area (Å²) < 4.78 is 5.48. The van der Waals surface area contributed by atoms with E-state index in [2.05, 4.69) is 10.6 Å². The molecule has 9 heteroatoms. The molecule has 0 radical (unpaired) electrons. The first-order valence-electron chi connectivity index (χ1n) is 12.9. The predicted molar refractivity (Wildman–Crippen MR) is 148 cm³/mol. The third-order valence-corrected chi connectivity index (χ3v) is 6.92. The van der Waals surface area contributed by atoms with Crippen LogP contribution in [-0.2, 0) is 26.3 Å². The summed E-state index contributed by atoms with van der Waals surface area (Å²) in [4.78, 5) is 49.0.